The molecule has 0 spiro atoms. The highest BCUT2D eigenvalue weighted by Gasteiger charge is 2.53. The van der Waals surface area contributed by atoms with E-state index in [0.717, 1.165) is 0 Å². The molecule has 2 nitrogen and oxygen atoms in total. The van der Waals surface area contributed by atoms with E-state index in [1.807, 2.05) is 0 Å². The van der Waals surface area contributed by atoms with Crippen LogP contribution in [0.25, 0.3) is 0 Å². The van der Waals surface area contributed by atoms with E-state index in [9.17, 15) is 4.79 Å². The van der Waals surface area contributed by atoms with Crippen LogP contribution >= 0.6 is 0 Å². The van der Waals surface area contributed by atoms with Crippen LogP contribution in [0.15, 0.2) is 0 Å². The van der Waals surface area contributed by atoms with Crippen molar-refractivity contribution in [2.45, 2.75) is 63.4 Å². The first-order valence-electron chi connectivity index (χ1n) is 6.20. The number of hydrogen-bond donors (Lipinski definition) is 0. The van der Waals surface area contributed by atoms with Crippen LogP contribution in [0.5, 0.6) is 0 Å². The van der Waals surface area contributed by atoms with Gasteiger partial charge in [-0.05, 0) is 18.8 Å². The fourth-order valence-corrected chi connectivity index (χ4v) is 5.12. The molecule has 0 aromatic heterocycles. The second kappa shape index (κ2) is 3.93. The minimum Gasteiger partial charge on any atom is -0.461 e. The Morgan fingerprint density at radius 3 is 2.20 bits per heavy atom. The van der Waals surface area contributed by atoms with E-state index in [2.05, 4.69) is 19.6 Å². The lowest BCUT2D eigenvalue weighted by Gasteiger charge is -2.46. The Morgan fingerprint density at radius 1 is 1.13 bits per heavy atom. The van der Waals surface area contributed by atoms with E-state index in [1.165, 1.54) is 32.1 Å². The van der Waals surface area contributed by atoms with Crippen LogP contribution in [0.4, 0.5) is 0 Å². The SMILES string of the molecule is C[Si](C)(C)[C@H]1C(=O)O[C@@H]1C1CCCCC1. The summed E-state index contributed by atoms with van der Waals surface area (Å²) < 4.78 is 5.41. The molecule has 1 saturated heterocycles. The van der Waals surface area contributed by atoms with Gasteiger partial charge in [-0.25, -0.2) is 0 Å². The van der Waals surface area contributed by atoms with E-state index in [1.54, 1.807) is 0 Å². The van der Waals surface area contributed by atoms with E-state index in [-0.39, 0.29) is 17.6 Å². The number of carbonyl (C=O) groups excluding carboxylic acids is 1. The molecule has 3 heteroatoms. The molecule has 0 aromatic carbocycles. The zero-order valence-corrected chi connectivity index (χ0v) is 11.1. The summed E-state index contributed by atoms with van der Waals surface area (Å²) >= 11 is 0. The minimum atomic E-state index is -1.36. The standard InChI is InChI=1S/C12H22O2Si/c1-15(2,3)11-10(14-12(11)13)9-7-5-4-6-8-9/h9-11H,4-8H2,1-3H3/t10-,11-/m1/s1. The van der Waals surface area contributed by atoms with E-state index < -0.39 is 8.07 Å². The van der Waals surface area contributed by atoms with Gasteiger partial charge in [-0.2, -0.15) is 0 Å². The summed E-state index contributed by atoms with van der Waals surface area (Å²) in [5.41, 5.74) is 0.278. The highest BCUT2D eigenvalue weighted by atomic mass is 28.3. The van der Waals surface area contributed by atoms with Crippen LogP contribution in [0.2, 0.25) is 25.2 Å². The lowest BCUT2D eigenvalue weighted by atomic mass is 9.82. The second-order valence-corrected chi connectivity index (χ2v) is 11.5. The molecule has 0 unspecified atom stereocenters. The van der Waals surface area contributed by atoms with Crippen molar-refractivity contribution in [3.8, 4) is 0 Å². The van der Waals surface area contributed by atoms with Crippen molar-refractivity contribution < 1.29 is 9.53 Å². The summed E-state index contributed by atoms with van der Waals surface area (Å²) in [7, 11) is -1.36. The molecule has 1 aliphatic heterocycles. The summed E-state index contributed by atoms with van der Waals surface area (Å²) in [5.74, 6) is 0.762. The van der Waals surface area contributed by atoms with Crippen molar-refractivity contribution in [1.82, 2.24) is 0 Å². The van der Waals surface area contributed by atoms with Gasteiger partial charge in [0.05, 0.1) is 13.6 Å². The normalized spacial score (nSPS) is 33.4. The smallest absolute Gasteiger partial charge is 0.310 e. The largest absolute Gasteiger partial charge is 0.461 e. The Hall–Kier alpha value is -0.313. The topological polar surface area (TPSA) is 26.3 Å². The average Bonchev–Trinajstić information content (AvgIpc) is 2.12. The van der Waals surface area contributed by atoms with E-state index in [0.29, 0.717) is 5.92 Å². The van der Waals surface area contributed by atoms with Crippen molar-refractivity contribution in [3.63, 3.8) is 0 Å². The summed E-state index contributed by atoms with van der Waals surface area (Å²) in [6.45, 7) is 6.86. The summed E-state index contributed by atoms with van der Waals surface area (Å²) in [6.07, 6.45) is 6.87. The van der Waals surface area contributed by atoms with Gasteiger partial charge in [0.15, 0.2) is 0 Å². The van der Waals surface area contributed by atoms with Gasteiger partial charge >= 0.3 is 5.97 Å². The molecule has 1 heterocycles. The predicted octanol–water partition coefficient (Wildman–Crippen LogP) is 3.20. The van der Waals surface area contributed by atoms with Gasteiger partial charge in [-0.3, -0.25) is 4.79 Å². The lowest BCUT2D eigenvalue weighted by Crippen LogP contribution is -2.55. The molecule has 2 aliphatic rings. The van der Waals surface area contributed by atoms with Crippen molar-refractivity contribution >= 4 is 14.0 Å². The maximum atomic E-state index is 11.5. The molecule has 1 saturated carbocycles. The van der Waals surface area contributed by atoms with Crippen LogP contribution in [-0.4, -0.2) is 20.1 Å². The first kappa shape index (κ1) is 11.2. The third kappa shape index (κ3) is 2.12. The van der Waals surface area contributed by atoms with Gasteiger partial charge < -0.3 is 4.74 Å². The molecule has 15 heavy (non-hydrogen) atoms. The molecule has 0 aromatic rings. The predicted molar refractivity (Wildman–Crippen MR) is 63.6 cm³/mol. The number of hydrogen-bond acceptors (Lipinski definition) is 2. The fourth-order valence-electron chi connectivity index (χ4n) is 3.01. The Morgan fingerprint density at radius 2 is 1.73 bits per heavy atom. The van der Waals surface area contributed by atoms with Crippen LogP contribution in [0.3, 0.4) is 0 Å². The van der Waals surface area contributed by atoms with Crippen molar-refractivity contribution in [3.05, 3.63) is 0 Å². The monoisotopic (exact) mass is 226 g/mol. The number of rotatable bonds is 2. The summed E-state index contributed by atoms with van der Waals surface area (Å²) in [6, 6.07) is 0. The van der Waals surface area contributed by atoms with Crippen LogP contribution < -0.4 is 0 Å². The average molecular weight is 226 g/mol. The number of ether oxygens (including phenoxy) is 1. The maximum absolute atomic E-state index is 11.5. The Kier molecular flexibility index (Phi) is 2.93. The van der Waals surface area contributed by atoms with Gasteiger partial charge in [0.1, 0.15) is 6.10 Å². The molecule has 2 rings (SSSR count). The van der Waals surface area contributed by atoms with E-state index >= 15 is 0 Å². The van der Waals surface area contributed by atoms with Crippen molar-refractivity contribution in [1.29, 1.82) is 0 Å². The number of carbonyl (C=O) groups is 1. The quantitative estimate of drug-likeness (QED) is 0.534. The first-order chi connectivity index (χ1) is 7.00. The van der Waals surface area contributed by atoms with Crippen molar-refractivity contribution in [2.75, 3.05) is 0 Å². The van der Waals surface area contributed by atoms with Gasteiger partial charge in [0.25, 0.3) is 0 Å². The molecule has 2 atom stereocenters. The van der Waals surface area contributed by atoms with Gasteiger partial charge in [-0.1, -0.05) is 38.9 Å². The molecule has 0 N–H and O–H groups in total. The highest BCUT2D eigenvalue weighted by molar-refractivity contribution is 6.81. The van der Waals surface area contributed by atoms with Gasteiger partial charge in [-0.15, -0.1) is 0 Å². The summed E-state index contributed by atoms with van der Waals surface area (Å²) in [4.78, 5) is 11.5. The maximum Gasteiger partial charge on any atom is 0.310 e. The molecule has 0 bridgehead atoms. The summed E-state index contributed by atoms with van der Waals surface area (Å²) in [5, 5.41) is 0. The molecule has 0 radical (unpaired) electrons. The molecule has 2 fully saturated rings. The van der Waals surface area contributed by atoms with Gasteiger partial charge in [0, 0.05) is 0 Å². The van der Waals surface area contributed by atoms with Crippen molar-refractivity contribution in [2.24, 2.45) is 5.92 Å². The molecule has 1 aliphatic carbocycles. The third-order valence-electron chi connectivity index (χ3n) is 3.88. The van der Waals surface area contributed by atoms with Crippen LogP contribution in [-0.2, 0) is 9.53 Å². The zero-order valence-electron chi connectivity index (χ0n) is 10.1. The van der Waals surface area contributed by atoms with Crippen LogP contribution in [0.1, 0.15) is 32.1 Å². The molecular formula is C12H22O2Si. The first-order valence-corrected chi connectivity index (χ1v) is 9.78. The van der Waals surface area contributed by atoms with E-state index in [4.69, 9.17) is 4.74 Å². The molecule has 86 valence electrons. The Labute approximate surface area is 93.4 Å². The Bertz CT molecular complexity index is 251. The second-order valence-electron chi connectivity index (χ2n) is 6.14. The number of esters is 1. The number of cyclic esters (lactones) is 1. The third-order valence-corrected chi connectivity index (χ3v) is 6.31. The fraction of sp³-hybridized carbons (Fsp3) is 0.917. The van der Waals surface area contributed by atoms with Gasteiger partial charge in [0.2, 0.25) is 0 Å². The molecule has 0 amide bonds. The Balaban J connectivity index is 2.01. The lowest BCUT2D eigenvalue weighted by molar-refractivity contribution is -0.176. The van der Waals surface area contributed by atoms with Crippen LogP contribution in [0, 0.1) is 5.92 Å². The molecular weight excluding hydrogens is 204 g/mol. The zero-order chi connectivity index (χ0) is 11.1. The minimum absolute atomic E-state index is 0.0877. The highest BCUT2D eigenvalue weighted by Crippen LogP contribution is 2.45.